The lowest BCUT2D eigenvalue weighted by Crippen LogP contribution is -2.44. The predicted octanol–water partition coefficient (Wildman–Crippen LogP) is 3.31. The van der Waals surface area contributed by atoms with Crippen molar-refractivity contribution in [2.75, 3.05) is 0 Å². The van der Waals surface area contributed by atoms with Crippen LogP contribution in [-0.4, -0.2) is 20.0 Å². The minimum Gasteiger partial charge on any atom is -0.280 e. The molecule has 0 aliphatic carbocycles. The summed E-state index contributed by atoms with van der Waals surface area (Å²) < 4.78 is 4.09. The van der Waals surface area contributed by atoms with Crippen LogP contribution in [0.25, 0.3) is 10.9 Å². The van der Waals surface area contributed by atoms with Crippen molar-refractivity contribution in [2.45, 2.75) is 26.2 Å². The summed E-state index contributed by atoms with van der Waals surface area (Å²) in [5, 5.41) is 4.25. The minimum atomic E-state index is 0.0222. The first kappa shape index (κ1) is 18.3. The highest BCUT2D eigenvalue weighted by Crippen LogP contribution is 2.13. The molecule has 1 N–H and O–H groups in total. The summed E-state index contributed by atoms with van der Waals surface area (Å²) in [6.07, 6.45) is 0. The molecule has 0 saturated carbocycles. The predicted molar refractivity (Wildman–Crippen MR) is 118 cm³/mol. The molecular formula is C25H23N4O+. The number of nitrogens with one attached hydrogen (secondary N) is 1. The number of benzene rings is 3. The van der Waals surface area contributed by atoms with Gasteiger partial charge in [0, 0.05) is 0 Å². The first-order chi connectivity index (χ1) is 14.8. The van der Waals surface area contributed by atoms with Gasteiger partial charge in [0.25, 0.3) is 11.4 Å². The number of hydrogen-bond donors (Lipinski definition) is 1. The highest BCUT2D eigenvalue weighted by molar-refractivity contribution is 5.80. The van der Waals surface area contributed by atoms with Crippen LogP contribution in [0.1, 0.15) is 17.0 Å². The lowest BCUT2D eigenvalue weighted by atomic mass is 10.2. The fourth-order valence-corrected chi connectivity index (χ4v) is 3.94. The van der Waals surface area contributed by atoms with E-state index in [4.69, 9.17) is 4.98 Å². The molecule has 4 aromatic rings. The molecule has 3 aromatic carbocycles. The molecule has 0 saturated heterocycles. The molecule has 5 heteroatoms. The Bertz CT molecular complexity index is 1280. The summed E-state index contributed by atoms with van der Waals surface area (Å²) in [4.78, 5) is 17.9. The Morgan fingerprint density at radius 3 is 2.30 bits per heavy atom. The Labute approximate surface area is 175 Å². The molecule has 0 spiro atoms. The molecule has 1 aliphatic rings. The fraction of sp³-hybridized carbons (Fsp3) is 0.160. The molecule has 148 valence electrons. The Hall–Kier alpha value is -3.73. The second kappa shape index (κ2) is 7.95. The third-order valence-electron chi connectivity index (χ3n) is 5.52. The monoisotopic (exact) mass is 395 g/mol. The Morgan fingerprint density at radius 2 is 1.53 bits per heavy atom. The van der Waals surface area contributed by atoms with Gasteiger partial charge in [-0.3, -0.25) is 19.3 Å². The van der Waals surface area contributed by atoms with Gasteiger partial charge < -0.3 is 0 Å². The molecule has 0 bridgehead atoms. The van der Waals surface area contributed by atoms with Crippen molar-refractivity contribution < 1.29 is 4.58 Å². The van der Waals surface area contributed by atoms with Gasteiger partial charge in [-0.1, -0.05) is 72.8 Å². The summed E-state index contributed by atoms with van der Waals surface area (Å²) in [6, 6.07) is 28.3. The van der Waals surface area contributed by atoms with Crippen molar-refractivity contribution in [3.05, 3.63) is 112 Å². The molecule has 0 fully saturated rings. The Morgan fingerprint density at radius 1 is 0.867 bits per heavy atom. The molecular weight excluding hydrogens is 372 g/mol. The van der Waals surface area contributed by atoms with Gasteiger partial charge in [-0.2, -0.15) is 0 Å². The second-order valence-corrected chi connectivity index (χ2v) is 7.56. The number of aromatic nitrogens is 2. The van der Waals surface area contributed by atoms with Crippen LogP contribution in [0.2, 0.25) is 0 Å². The highest BCUT2D eigenvalue weighted by Gasteiger charge is 2.26. The van der Waals surface area contributed by atoms with Gasteiger partial charge in [0.1, 0.15) is 26.2 Å². The van der Waals surface area contributed by atoms with E-state index in [0.717, 1.165) is 23.7 Å². The summed E-state index contributed by atoms with van der Waals surface area (Å²) in [6.45, 7) is 2.56. The van der Waals surface area contributed by atoms with Gasteiger partial charge in [-0.15, -0.1) is 0 Å². The minimum absolute atomic E-state index is 0.0222. The van der Waals surface area contributed by atoms with E-state index < -0.39 is 0 Å². The Balaban J connectivity index is 1.53. The number of para-hydroxylation sites is 1. The maximum Gasteiger partial charge on any atom is 0.266 e. The largest absolute Gasteiger partial charge is 0.280 e. The van der Waals surface area contributed by atoms with Gasteiger partial charge in [0.2, 0.25) is 0 Å². The standard InChI is InChI=1S/C25H22N4O/c30-25-21-13-7-8-14-22(21)27-24-17-28(16-20-11-5-2-6-12-20)23(18-29(24)25)26-15-19-9-3-1-4-10-19/h1-14H,15-18H2/p+1. The topological polar surface area (TPSA) is 49.9 Å². The quantitative estimate of drug-likeness (QED) is 0.540. The third kappa shape index (κ3) is 3.62. The van der Waals surface area contributed by atoms with Crippen molar-refractivity contribution in [1.29, 1.82) is 0 Å². The van der Waals surface area contributed by atoms with Crippen LogP contribution in [0.4, 0.5) is 0 Å². The fourth-order valence-electron chi connectivity index (χ4n) is 3.94. The lowest BCUT2D eigenvalue weighted by molar-refractivity contribution is -0.567. The van der Waals surface area contributed by atoms with Crippen LogP contribution in [0.3, 0.4) is 0 Å². The van der Waals surface area contributed by atoms with Gasteiger partial charge >= 0.3 is 0 Å². The molecule has 5 rings (SSSR count). The number of rotatable bonds is 4. The van der Waals surface area contributed by atoms with E-state index in [0.29, 0.717) is 25.0 Å². The summed E-state index contributed by atoms with van der Waals surface area (Å²) in [7, 11) is 0. The molecule has 0 radical (unpaired) electrons. The zero-order valence-corrected chi connectivity index (χ0v) is 16.7. The van der Waals surface area contributed by atoms with E-state index in [1.807, 2.05) is 48.5 Å². The number of hydrogen-bond acceptors (Lipinski definition) is 3. The van der Waals surface area contributed by atoms with Crippen LogP contribution in [-0.2, 0) is 26.2 Å². The smallest absolute Gasteiger partial charge is 0.266 e. The number of amidine groups is 1. The summed E-state index contributed by atoms with van der Waals surface area (Å²) >= 11 is 0. The molecule has 30 heavy (non-hydrogen) atoms. The van der Waals surface area contributed by atoms with Crippen molar-refractivity contribution in [2.24, 2.45) is 0 Å². The van der Waals surface area contributed by atoms with Crippen LogP contribution in [0.15, 0.2) is 89.7 Å². The average molecular weight is 395 g/mol. The molecule has 0 atom stereocenters. The van der Waals surface area contributed by atoms with Crippen LogP contribution in [0, 0.1) is 0 Å². The van der Waals surface area contributed by atoms with Gasteiger partial charge in [-0.25, -0.2) is 4.98 Å². The summed E-state index contributed by atoms with van der Waals surface area (Å²) in [5.41, 5.74) is 3.22. The number of fused-ring (bicyclic) bond motifs is 2. The van der Waals surface area contributed by atoms with Crippen LogP contribution < -0.4 is 10.9 Å². The maximum atomic E-state index is 13.1. The van der Waals surface area contributed by atoms with Crippen molar-refractivity contribution in [3.63, 3.8) is 0 Å². The molecule has 2 heterocycles. The molecule has 1 aliphatic heterocycles. The zero-order chi connectivity index (χ0) is 20.3. The third-order valence-corrected chi connectivity index (χ3v) is 5.52. The van der Waals surface area contributed by atoms with E-state index in [2.05, 4.69) is 46.3 Å². The zero-order valence-electron chi connectivity index (χ0n) is 16.7. The Kier molecular flexibility index (Phi) is 4.85. The first-order valence-electron chi connectivity index (χ1n) is 10.2. The summed E-state index contributed by atoms with van der Waals surface area (Å²) in [5.74, 6) is 1.84. The van der Waals surface area contributed by atoms with E-state index in [-0.39, 0.29) is 5.56 Å². The van der Waals surface area contributed by atoms with Crippen LogP contribution >= 0.6 is 0 Å². The first-order valence-corrected chi connectivity index (χ1v) is 10.2. The normalized spacial score (nSPS) is 13.3. The van der Waals surface area contributed by atoms with E-state index in [1.54, 1.807) is 4.57 Å². The van der Waals surface area contributed by atoms with Crippen molar-refractivity contribution in [1.82, 2.24) is 14.9 Å². The molecule has 0 amide bonds. The average Bonchev–Trinajstić information content (AvgIpc) is 2.79. The molecule has 0 unspecified atom stereocenters. The lowest BCUT2D eigenvalue weighted by Gasteiger charge is -2.22. The second-order valence-electron chi connectivity index (χ2n) is 7.56. The molecule has 1 aromatic heterocycles. The van der Waals surface area contributed by atoms with Crippen LogP contribution in [0.5, 0.6) is 0 Å². The number of nitrogens with zero attached hydrogens (tertiary/aromatic N) is 3. The van der Waals surface area contributed by atoms with Gasteiger partial charge in [-0.05, 0) is 23.3 Å². The van der Waals surface area contributed by atoms with E-state index in [9.17, 15) is 4.79 Å². The van der Waals surface area contributed by atoms with E-state index in [1.165, 1.54) is 11.1 Å². The van der Waals surface area contributed by atoms with Gasteiger partial charge in [0.05, 0.1) is 10.9 Å². The van der Waals surface area contributed by atoms with Gasteiger partial charge in [0.15, 0.2) is 5.82 Å². The highest BCUT2D eigenvalue weighted by atomic mass is 16.1. The van der Waals surface area contributed by atoms with Crippen molar-refractivity contribution >= 4 is 16.7 Å². The van der Waals surface area contributed by atoms with E-state index >= 15 is 0 Å². The maximum absolute atomic E-state index is 13.1. The van der Waals surface area contributed by atoms with Crippen molar-refractivity contribution in [3.8, 4) is 0 Å². The SMILES string of the molecule is O=c1c2ccccc2nc2n1CC(NCc1ccccc1)=[N+](Cc1ccccc1)C2. The molecule has 5 nitrogen and oxygen atoms in total.